The molecule has 30 heavy (non-hydrogen) atoms. The maximum absolute atomic E-state index is 13.7. The van der Waals surface area contributed by atoms with E-state index in [4.69, 9.17) is 5.11 Å². The van der Waals surface area contributed by atoms with Gasteiger partial charge in [0, 0.05) is 57.9 Å². The minimum absolute atomic E-state index is 0. The Hall–Kier alpha value is 0.106. The number of likely N-dealkylation sites (N-methyl/N-ethyl adjacent to an activating group) is 1. The van der Waals surface area contributed by atoms with Crippen LogP contribution in [-0.2, 0) is 14.8 Å². The Morgan fingerprint density at radius 3 is 1.37 bits per heavy atom. The van der Waals surface area contributed by atoms with Gasteiger partial charge in [-0.15, -0.1) is 0 Å². The molecule has 0 aromatic rings. The molecule has 0 aliphatic rings. The number of hydrogen-bond donors (Lipinski definition) is 1. The van der Waals surface area contributed by atoms with E-state index in [-0.39, 0.29) is 51.4 Å². The number of nitrogens with zero attached hydrogens (tertiary/aromatic N) is 1. The molecule has 0 bridgehead atoms. The molecule has 5 nitrogen and oxygen atoms in total. The van der Waals surface area contributed by atoms with E-state index in [1.54, 1.807) is 0 Å². The summed E-state index contributed by atoms with van der Waals surface area (Å²) in [6.45, 7) is -3.04. The first kappa shape index (κ1) is 32.3. The number of rotatable bonds is 9. The zero-order valence-electron chi connectivity index (χ0n) is 14.4. The molecule has 0 aromatic heterocycles. The fourth-order valence-electron chi connectivity index (χ4n) is 1.60. The molecule has 0 unspecified atom stereocenters. The smallest absolute Gasteiger partial charge is 0.460 e. The Morgan fingerprint density at radius 2 is 1.10 bits per heavy atom. The fraction of sp³-hybridized carbons (Fsp3) is 0.900. The Labute approximate surface area is 201 Å². The zero-order chi connectivity index (χ0) is 24.1. The van der Waals surface area contributed by atoms with Crippen molar-refractivity contribution < 1.29 is 75.4 Å². The topological polar surface area (TPSA) is 74.7 Å². The Kier molecular flexibility index (Phi) is 9.86. The van der Waals surface area contributed by atoms with Crippen molar-refractivity contribution in [3.05, 3.63) is 0 Å². The number of aliphatic carboxylic acids is 1. The van der Waals surface area contributed by atoms with Crippen LogP contribution < -0.4 is 0 Å². The third-order valence-electron chi connectivity index (χ3n) is 3.23. The van der Waals surface area contributed by atoms with Gasteiger partial charge >= 0.3 is 41.1 Å². The number of carbonyl (C=O) groups is 1. The summed E-state index contributed by atoms with van der Waals surface area (Å²) in [5.41, 5.74) is 0. The second kappa shape index (κ2) is 9.16. The van der Waals surface area contributed by atoms with Crippen molar-refractivity contribution in [3.8, 4) is 0 Å². The van der Waals surface area contributed by atoms with Gasteiger partial charge in [-0.05, 0) is 0 Å². The van der Waals surface area contributed by atoms with Crippen LogP contribution in [0.4, 0.5) is 57.1 Å². The van der Waals surface area contributed by atoms with E-state index in [0.29, 0.717) is 6.92 Å². The molecule has 0 saturated carbocycles. The molecule has 20 heteroatoms. The zero-order valence-corrected chi connectivity index (χ0v) is 18.3. The molecule has 0 amide bonds. The van der Waals surface area contributed by atoms with E-state index in [0.717, 1.165) is 0 Å². The van der Waals surface area contributed by atoms with Gasteiger partial charge in [-0.2, -0.15) is 61.4 Å². The molecule has 0 heterocycles. The second-order valence-corrected chi connectivity index (χ2v) is 7.12. The van der Waals surface area contributed by atoms with Gasteiger partial charge in [0.25, 0.3) is 10.0 Å². The predicted molar refractivity (Wildman–Crippen MR) is 70.3 cm³/mol. The van der Waals surface area contributed by atoms with Crippen LogP contribution in [0.2, 0.25) is 0 Å². The van der Waals surface area contributed by atoms with Gasteiger partial charge in [0.1, 0.15) is 6.54 Å². The quantitative estimate of drug-likeness (QED) is 0.372. The number of halogens is 13. The summed E-state index contributed by atoms with van der Waals surface area (Å²) in [6, 6.07) is 0. The van der Waals surface area contributed by atoms with Gasteiger partial charge < -0.3 is 5.11 Å². The van der Waals surface area contributed by atoms with Crippen LogP contribution in [0.25, 0.3) is 0 Å². The number of alkyl halides is 13. The van der Waals surface area contributed by atoms with Crippen molar-refractivity contribution in [2.45, 2.75) is 42.0 Å². The minimum Gasteiger partial charge on any atom is -0.480 e. The van der Waals surface area contributed by atoms with Crippen LogP contribution in [0.15, 0.2) is 0 Å². The Balaban J connectivity index is 0. The minimum atomic E-state index is -8.29. The molecule has 0 spiro atoms. The monoisotopic (exact) mass is 524 g/mol. The first-order valence-corrected chi connectivity index (χ1v) is 7.99. The molecule has 1 N–H and O–H groups in total. The molecule has 0 saturated heterocycles. The Bertz CT molecular complexity index is 737. The van der Waals surface area contributed by atoms with E-state index >= 15 is 0 Å². The maximum atomic E-state index is 13.7. The summed E-state index contributed by atoms with van der Waals surface area (Å²) in [6.07, 6.45) is -7.64. The van der Waals surface area contributed by atoms with Gasteiger partial charge in [-0.3, -0.25) is 4.79 Å². The van der Waals surface area contributed by atoms with Crippen LogP contribution in [0.1, 0.15) is 6.92 Å². The average molecular weight is 524 g/mol. The SMILES string of the molecule is CCN(CC(=O)O)S(=O)(=O)C(F)(F)C(F)(F)C(F)(F)C(F)(F)C(F)(F)C(F)(F)F.[K]. The average Bonchev–Trinajstić information content (AvgIpc) is 2.49. The number of carboxylic acids is 1. The van der Waals surface area contributed by atoms with Crippen molar-refractivity contribution in [1.29, 1.82) is 0 Å². The summed E-state index contributed by atoms with van der Waals surface area (Å²) in [7, 11) is -7.30. The first-order chi connectivity index (χ1) is 12.4. The number of carboxylic acid groups (broad SMARTS) is 1. The number of hydrogen-bond acceptors (Lipinski definition) is 3. The van der Waals surface area contributed by atoms with Crippen LogP contribution in [0.3, 0.4) is 0 Å². The summed E-state index contributed by atoms with van der Waals surface area (Å²) >= 11 is 0. The molecule has 0 atom stereocenters. The van der Waals surface area contributed by atoms with E-state index in [1.807, 2.05) is 0 Å². The van der Waals surface area contributed by atoms with Crippen molar-refractivity contribution in [2.75, 3.05) is 13.1 Å². The van der Waals surface area contributed by atoms with Gasteiger partial charge in [0.2, 0.25) is 0 Å². The van der Waals surface area contributed by atoms with Crippen molar-refractivity contribution in [3.63, 3.8) is 0 Å². The Morgan fingerprint density at radius 1 is 0.767 bits per heavy atom. The molecular weight excluding hydrogens is 516 g/mol. The van der Waals surface area contributed by atoms with Crippen LogP contribution in [0.5, 0.6) is 0 Å². The summed E-state index contributed by atoms with van der Waals surface area (Å²) in [4.78, 5) is 10.4. The van der Waals surface area contributed by atoms with E-state index in [2.05, 4.69) is 0 Å². The molecular formula is C10H8F13KNO4S. The van der Waals surface area contributed by atoms with Crippen molar-refractivity contribution in [1.82, 2.24) is 4.31 Å². The van der Waals surface area contributed by atoms with E-state index in [9.17, 15) is 70.3 Å². The van der Waals surface area contributed by atoms with Crippen LogP contribution >= 0.6 is 0 Å². The van der Waals surface area contributed by atoms with Crippen molar-refractivity contribution in [2.24, 2.45) is 0 Å². The van der Waals surface area contributed by atoms with E-state index < -0.39 is 68.5 Å². The molecule has 175 valence electrons. The van der Waals surface area contributed by atoms with Crippen LogP contribution in [-0.4, -0.2) is 123 Å². The molecule has 0 aliphatic heterocycles. The second-order valence-electron chi connectivity index (χ2n) is 5.14. The maximum Gasteiger partial charge on any atom is 0.460 e. The molecule has 0 aliphatic carbocycles. The van der Waals surface area contributed by atoms with Gasteiger partial charge in [-0.1, -0.05) is 6.92 Å². The largest absolute Gasteiger partial charge is 0.480 e. The third kappa shape index (κ3) is 4.73. The standard InChI is InChI=1S/C10H8F13NO4S.K/c1-2-24(3-4(25)26)29(27,28)10(22,23)8(17,18)6(13,14)5(11,12)7(15,16)9(19,20)21;/h2-3H2,1H3,(H,25,26);. The molecule has 1 radical (unpaired) electrons. The third-order valence-corrected chi connectivity index (χ3v) is 5.20. The van der Waals surface area contributed by atoms with Crippen molar-refractivity contribution >= 4 is 67.4 Å². The van der Waals surface area contributed by atoms with Crippen LogP contribution in [0, 0.1) is 0 Å². The van der Waals surface area contributed by atoms with Gasteiger partial charge in [0.05, 0.1) is 0 Å². The van der Waals surface area contributed by atoms with Gasteiger partial charge in [-0.25, -0.2) is 8.42 Å². The van der Waals surface area contributed by atoms with E-state index in [1.165, 1.54) is 0 Å². The molecule has 0 fully saturated rings. The summed E-state index contributed by atoms with van der Waals surface area (Å²) in [5.74, 6) is -34.9. The predicted octanol–water partition coefficient (Wildman–Crippen LogP) is 3.04. The fourth-order valence-corrected chi connectivity index (χ4v) is 2.99. The summed E-state index contributed by atoms with van der Waals surface area (Å²) in [5, 5.41) is 0.857. The van der Waals surface area contributed by atoms with Gasteiger partial charge in [0.15, 0.2) is 0 Å². The molecule has 0 aromatic carbocycles. The normalized spacial score (nSPS) is 15.2. The first-order valence-electron chi connectivity index (χ1n) is 6.55. The molecule has 0 rings (SSSR count). The summed E-state index contributed by atoms with van der Waals surface area (Å²) < 4.78 is 190. The number of sulfonamides is 1.